The molecule has 2 nitrogen and oxygen atoms in total. The Morgan fingerprint density at radius 1 is 1.16 bits per heavy atom. The second kappa shape index (κ2) is 5.76. The molecule has 3 heteroatoms. The maximum atomic E-state index is 3.69. The molecule has 1 aromatic heterocycles. The zero-order valence-electron chi connectivity index (χ0n) is 11.3. The predicted molar refractivity (Wildman–Crippen MR) is 82.9 cm³/mol. The van der Waals surface area contributed by atoms with Crippen molar-refractivity contribution in [3.8, 4) is 0 Å². The molecular formula is C16H20N2S. The molecule has 2 heterocycles. The first-order valence-electron chi connectivity index (χ1n) is 6.91. The van der Waals surface area contributed by atoms with Crippen LogP contribution < -0.4 is 10.2 Å². The van der Waals surface area contributed by atoms with E-state index in [1.54, 1.807) is 0 Å². The van der Waals surface area contributed by atoms with Crippen LogP contribution in [0.25, 0.3) is 0 Å². The molecule has 1 aromatic carbocycles. The molecule has 2 atom stereocenters. The zero-order valence-corrected chi connectivity index (χ0v) is 12.1. The van der Waals surface area contributed by atoms with E-state index < -0.39 is 0 Å². The minimum absolute atomic E-state index is 0.432. The predicted octanol–water partition coefficient (Wildman–Crippen LogP) is 3.68. The quantitative estimate of drug-likeness (QED) is 0.917. The molecule has 0 aliphatic carbocycles. The summed E-state index contributed by atoms with van der Waals surface area (Å²) in [5.41, 5.74) is 1.40. The summed E-state index contributed by atoms with van der Waals surface area (Å²) in [4.78, 5) is 2.44. The normalized spacial score (nSPS) is 23.2. The van der Waals surface area contributed by atoms with E-state index in [0.717, 1.165) is 6.54 Å². The summed E-state index contributed by atoms with van der Waals surface area (Å²) in [6, 6.07) is 16.1. The van der Waals surface area contributed by atoms with Crippen molar-refractivity contribution in [2.75, 3.05) is 18.5 Å². The van der Waals surface area contributed by atoms with Gasteiger partial charge in [0, 0.05) is 13.1 Å². The van der Waals surface area contributed by atoms with Crippen LogP contribution >= 0.6 is 11.3 Å². The lowest BCUT2D eigenvalue weighted by Gasteiger charge is -2.39. The number of thiophene rings is 1. The lowest BCUT2D eigenvalue weighted by atomic mass is 9.91. The van der Waals surface area contributed by atoms with Crippen LogP contribution in [0.3, 0.4) is 0 Å². The van der Waals surface area contributed by atoms with Crippen LogP contribution in [0.15, 0.2) is 47.8 Å². The van der Waals surface area contributed by atoms with Crippen molar-refractivity contribution < 1.29 is 0 Å². The van der Waals surface area contributed by atoms with Gasteiger partial charge in [-0.15, -0.1) is 11.3 Å². The Kier molecular flexibility index (Phi) is 3.85. The molecule has 2 aromatic rings. The number of anilines is 1. The fourth-order valence-corrected chi connectivity index (χ4v) is 3.68. The highest BCUT2D eigenvalue weighted by molar-refractivity contribution is 7.14. The molecule has 100 valence electrons. The molecule has 0 spiro atoms. The van der Waals surface area contributed by atoms with Crippen molar-refractivity contribution in [2.24, 2.45) is 0 Å². The molecule has 19 heavy (non-hydrogen) atoms. The van der Waals surface area contributed by atoms with Gasteiger partial charge in [-0.3, -0.25) is 0 Å². The maximum absolute atomic E-state index is 3.69. The highest BCUT2D eigenvalue weighted by Gasteiger charge is 2.29. The van der Waals surface area contributed by atoms with Crippen LogP contribution in [0.1, 0.15) is 24.4 Å². The summed E-state index contributed by atoms with van der Waals surface area (Å²) in [6.07, 6.45) is 2.50. The van der Waals surface area contributed by atoms with Crippen molar-refractivity contribution in [1.29, 1.82) is 0 Å². The number of rotatable bonds is 3. The Balaban J connectivity index is 1.85. The van der Waals surface area contributed by atoms with E-state index in [9.17, 15) is 0 Å². The van der Waals surface area contributed by atoms with Gasteiger partial charge in [0.15, 0.2) is 0 Å². The lowest BCUT2D eigenvalue weighted by Crippen LogP contribution is -2.46. The fourth-order valence-electron chi connectivity index (χ4n) is 2.92. The smallest absolute Gasteiger partial charge is 0.0909 e. The highest BCUT2D eigenvalue weighted by Crippen LogP contribution is 2.32. The van der Waals surface area contributed by atoms with Crippen LogP contribution in [0, 0.1) is 0 Å². The Bertz CT molecular complexity index is 495. The molecular weight excluding hydrogens is 252 g/mol. The first-order valence-corrected chi connectivity index (χ1v) is 7.79. The van der Waals surface area contributed by atoms with E-state index in [-0.39, 0.29) is 0 Å². The van der Waals surface area contributed by atoms with Gasteiger partial charge in [0.2, 0.25) is 0 Å². The summed E-state index contributed by atoms with van der Waals surface area (Å²) in [5, 5.41) is 7.20. The third kappa shape index (κ3) is 2.67. The second-order valence-electron chi connectivity index (χ2n) is 5.11. The third-order valence-corrected chi connectivity index (χ3v) is 4.89. The zero-order chi connectivity index (χ0) is 13.1. The van der Waals surface area contributed by atoms with E-state index >= 15 is 0 Å². The minimum Gasteiger partial charge on any atom is -0.362 e. The van der Waals surface area contributed by atoms with Crippen LogP contribution in [-0.2, 0) is 0 Å². The third-order valence-electron chi connectivity index (χ3n) is 3.94. The molecule has 1 aliphatic heterocycles. The Hall–Kier alpha value is -1.32. The molecule has 3 rings (SSSR count). The summed E-state index contributed by atoms with van der Waals surface area (Å²) in [7, 11) is 2.22. The van der Waals surface area contributed by atoms with Gasteiger partial charge in [-0.2, -0.15) is 0 Å². The number of nitrogens with zero attached hydrogens (tertiary/aromatic N) is 1. The monoisotopic (exact) mass is 272 g/mol. The van der Waals surface area contributed by atoms with Crippen molar-refractivity contribution in [2.45, 2.75) is 24.9 Å². The molecule has 0 bridgehead atoms. The average Bonchev–Trinajstić information content (AvgIpc) is 3.02. The molecule has 1 saturated heterocycles. The van der Waals surface area contributed by atoms with Crippen LogP contribution in [-0.4, -0.2) is 19.6 Å². The number of hydrogen-bond donors (Lipinski definition) is 1. The van der Waals surface area contributed by atoms with E-state index in [4.69, 9.17) is 0 Å². The van der Waals surface area contributed by atoms with Gasteiger partial charge in [0.25, 0.3) is 0 Å². The van der Waals surface area contributed by atoms with Crippen LogP contribution in [0.4, 0.5) is 5.00 Å². The van der Waals surface area contributed by atoms with E-state index in [1.165, 1.54) is 23.4 Å². The molecule has 1 N–H and O–H groups in total. The van der Waals surface area contributed by atoms with Crippen molar-refractivity contribution in [1.82, 2.24) is 5.32 Å². The van der Waals surface area contributed by atoms with Crippen molar-refractivity contribution >= 4 is 16.3 Å². The molecule has 1 fully saturated rings. The highest BCUT2D eigenvalue weighted by atomic mass is 32.1. The number of hydrogen-bond acceptors (Lipinski definition) is 3. The van der Waals surface area contributed by atoms with Gasteiger partial charge < -0.3 is 10.2 Å². The SMILES string of the molecule is CN(c1cccs1)[C@@H]1CCCN[C@@H]1c1ccccc1. The molecule has 0 saturated carbocycles. The number of benzene rings is 1. The van der Waals surface area contributed by atoms with Crippen LogP contribution in [0.5, 0.6) is 0 Å². The topological polar surface area (TPSA) is 15.3 Å². The number of nitrogens with one attached hydrogen (secondary N) is 1. The van der Waals surface area contributed by atoms with Gasteiger partial charge in [0.05, 0.1) is 11.0 Å². The summed E-state index contributed by atoms with van der Waals surface area (Å²) in [5.74, 6) is 0. The molecule has 0 radical (unpaired) electrons. The van der Waals surface area contributed by atoms with Gasteiger partial charge in [-0.05, 0) is 42.5 Å². The van der Waals surface area contributed by atoms with Crippen LogP contribution in [0.2, 0.25) is 0 Å². The van der Waals surface area contributed by atoms with Crippen molar-refractivity contribution in [3.63, 3.8) is 0 Å². The van der Waals surface area contributed by atoms with E-state index in [2.05, 4.69) is 65.1 Å². The summed E-state index contributed by atoms with van der Waals surface area (Å²) in [6.45, 7) is 1.12. The number of piperidine rings is 1. The molecule has 1 aliphatic rings. The van der Waals surface area contributed by atoms with E-state index in [1.807, 2.05) is 11.3 Å². The largest absolute Gasteiger partial charge is 0.362 e. The maximum Gasteiger partial charge on any atom is 0.0909 e. The molecule has 0 unspecified atom stereocenters. The Morgan fingerprint density at radius 2 is 2.00 bits per heavy atom. The Labute approximate surface area is 119 Å². The first kappa shape index (κ1) is 12.7. The van der Waals surface area contributed by atoms with Gasteiger partial charge in [-0.1, -0.05) is 30.3 Å². The Morgan fingerprint density at radius 3 is 2.74 bits per heavy atom. The lowest BCUT2D eigenvalue weighted by molar-refractivity contribution is 0.349. The second-order valence-corrected chi connectivity index (χ2v) is 6.04. The summed E-state index contributed by atoms with van der Waals surface area (Å²) < 4.78 is 0. The first-order chi connectivity index (χ1) is 9.36. The average molecular weight is 272 g/mol. The standard InChI is InChI=1S/C16H20N2S/c1-18(15-10-6-12-19-15)14-9-5-11-17-16(14)13-7-3-2-4-8-13/h2-4,6-8,10,12,14,16-17H,5,9,11H2,1H3/t14-,16-/m1/s1. The van der Waals surface area contributed by atoms with E-state index in [0.29, 0.717) is 12.1 Å². The number of likely N-dealkylation sites (N-methyl/N-ethyl adjacent to an activating group) is 1. The van der Waals surface area contributed by atoms with Crippen molar-refractivity contribution in [3.05, 3.63) is 53.4 Å². The summed E-state index contributed by atoms with van der Waals surface area (Å²) >= 11 is 1.82. The molecule has 0 amide bonds. The fraction of sp³-hybridized carbons (Fsp3) is 0.375. The van der Waals surface area contributed by atoms with Gasteiger partial charge in [0.1, 0.15) is 0 Å². The van der Waals surface area contributed by atoms with Gasteiger partial charge >= 0.3 is 0 Å². The van der Waals surface area contributed by atoms with Gasteiger partial charge in [-0.25, -0.2) is 0 Å². The minimum atomic E-state index is 0.432.